The van der Waals surface area contributed by atoms with Gasteiger partial charge in [-0.1, -0.05) is 6.07 Å². The molecule has 2 aromatic rings. The number of nitrogens with zero attached hydrogens (tertiary/aromatic N) is 2. The smallest absolute Gasteiger partial charge is 0.166 e. The summed E-state index contributed by atoms with van der Waals surface area (Å²) in [4.78, 5) is 14.8. The van der Waals surface area contributed by atoms with Crippen LogP contribution in [0.15, 0.2) is 24.4 Å². The van der Waals surface area contributed by atoms with Crippen molar-refractivity contribution >= 4 is 11.9 Å². The molecule has 3 nitrogen and oxygen atoms in total. The lowest BCUT2D eigenvalue weighted by atomic mass is 10.4. The van der Waals surface area contributed by atoms with Crippen LogP contribution in [-0.2, 0) is 0 Å². The van der Waals surface area contributed by atoms with Gasteiger partial charge in [0.1, 0.15) is 5.65 Å². The fourth-order valence-corrected chi connectivity index (χ4v) is 1.25. The Morgan fingerprint density at radius 1 is 1.50 bits per heavy atom. The molecule has 0 fully saturated rings. The molecule has 0 aliphatic heterocycles. The average Bonchev–Trinajstić information content (AvgIpc) is 2.44. The summed E-state index contributed by atoms with van der Waals surface area (Å²) in [5, 5.41) is 0. The summed E-state index contributed by atoms with van der Waals surface area (Å²) in [6, 6.07) is 5.46. The highest BCUT2D eigenvalue weighted by Gasteiger charge is 1.99. The van der Waals surface area contributed by atoms with Crippen LogP contribution in [0.5, 0.6) is 0 Å². The van der Waals surface area contributed by atoms with Gasteiger partial charge in [0.2, 0.25) is 0 Å². The minimum absolute atomic E-state index is 0.633. The van der Waals surface area contributed by atoms with Gasteiger partial charge < -0.3 is 0 Å². The first-order valence-corrected chi connectivity index (χ1v) is 3.71. The predicted molar refractivity (Wildman–Crippen MR) is 45.3 cm³/mol. The molecular formula is C9H8N2O. The number of rotatable bonds is 1. The molecule has 0 amide bonds. The van der Waals surface area contributed by atoms with Gasteiger partial charge >= 0.3 is 0 Å². The molecule has 0 aliphatic carbocycles. The van der Waals surface area contributed by atoms with E-state index >= 15 is 0 Å². The zero-order chi connectivity index (χ0) is 8.55. The van der Waals surface area contributed by atoms with Gasteiger partial charge in [-0.25, -0.2) is 4.98 Å². The molecule has 0 atom stereocenters. The highest BCUT2D eigenvalue weighted by molar-refractivity contribution is 5.73. The largest absolute Gasteiger partial charge is 0.297 e. The van der Waals surface area contributed by atoms with Gasteiger partial charge in [0.25, 0.3) is 0 Å². The lowest BCUT2D eigenvalue weighted by Gasteiger charge is -1.94. The molecule has 0 N–H and O–H groups in total. The Morgan fingerprint density at radius 3 is 3.08 bits per heavy atom. The molecule has 0 bridgehead atoms. The second-order valence-electron chi connectivity index (χ2n) is 2.68. The summed E-state index contributed by atoms with van der Waals surface area (Å²) in [6.07, 6.45) is 2.67. The monoisotopic (exact) mass is 160 g/mol. The summed E-state index contributed by atoms with van der Waals surface area (Å²) in [5.74, 6) is 0. The minimum atomic E-state index is 0.633. The van der Waals surface area contributed by atoms with E-state index in [9.17, 15) is 4.79 Å². The first-order chi connectivity index (χ1) is 5.81. The van der Waals surface area contributed by atoms with Crippen molar-refractivity contribution in [3.05, 3.63) is 35.8 Å². The highest BCUT2D eigenvalue weighted by atomic mass is 16.1. The fraction of sp³-hybridized carbons (Fsp3) is 0.111. The van der Waals surface area contributed by atoms with Crippen LogP contribution in [0.4, 0.5) is 0 Å². The lowest BCUT2D eigenvalue weighted by Crippen LogP contribution is -1.91. The summed E-state index contributed by atoms with van der Waals surface area (Å²) < 4.78 is 1.78. The molecule has 0 aromatic carbocycles. The zero-order valence-corrected chi connectivity index (χ0v) is 6.69. The molecule has 0 saturated carbocycles. The number of hydrogen-bond acceptors (Lipinski definition) is 2. The molecule has 0 saturated heterocycles. The second kappa shape index (κ2) is 2.44. The molecular weight excluding hydrogens is 152 g/mol. The molecule has 2 rings (SSSR count). The quantitative estimate of drug-likeness (QED) is 0.592. The normalized spacial score (nSPS) is 10.4. The molecule has 3 heteroatoms. The summed E-state index contributed by atoms with van der Waals surface area (Å²) >= 11 is 0. The molecule has 0 spiro atoms. The van der Waals surface area contributed by atoms with Gasteiger partial charge in [-0.3, -0.25) is 9.20 Å². The molecule has 0 radical (unpaired) electrons. The first kappa shape index (κ1) is 7.03. The van der Waals surface area contributed by atoms with Crippen LogP contribution in [0.3, 0.4) is 0 Å². The van der Waals surface area contributed by atoms with E-state index in [0.717, 1.165) is 17.6 Å². The number of hydrogen-bond donors (Lipinski definition) is 0. The Bertz CT molecular complexity index is 431. The molecule has 60 valence electrons. The minimum Gasteiger partial charge on any atom is -0.297 e. The molecule has 0 unspecified atom stereocenters. The van der Waals surface area contributed by atoms with Gasteiger partial charge in [0.15, 0.2) is 6.29 Å². The van der Waals surface area contributed by atoms with Crippen molar-refractivity contribution in [1.29, 1.82) is 0 Å². The Balaban J connectivity index is 2.86. The van der Waals surface area contributed by atoms with E-state index in [4.69, 9.17) is 0 Å². The van der Waals surface area contributed by atoms with E-state index in [-0.39, 0.29) is 0 Å². The lowest BCUT2D eigenvalue weighted by molar-refractivity contribution is 0.111. The number of aldehydes is 1. The standard InChI is InChI=1S/C9H8N2O/c1-7-5-11-8(6-12)3-2-4-9(11)10-7/h2-6H,1H3. The Hall–Kier alpha value is -1.64. The van der Waals surface area contributed by atoms with Crippen molar-refractivity contribution in [2.75, 3.05) is 0 Å². The van der Waals surface area contributed by atoms with Crippen molar-refractivity contribution in [3.63, 3.8) is 0 Å². The molecule has 12 heavy (non-hydrogen) atoms. The van der Waals surface area contributed by atoms with Crippen LogP contribution in [0.1, 0.15) is 16.2 Å². The summed E-state index contributed by atoms with van der Waals surface area (Å²) in [6.45, 7) is 1.90. The average molecular weight is 160 g/mol. The maximum absolute atomic E-state index is 10.6. The SMILES string of the molecule is Cc1cn2c(C=O)cccc2n1. The van der Waals surface area contributed by atoms with E-state index in [1.807, 2.05) is 25.3 Å². The first-order valence-electron chi connectivity index (χ1n) is 3.71. The maximum atomic E-state index is 10.6. The Labute approximate surface area is 69.7 Å². The van der Waals surface area contributed by atoms with Crippen LogP contribution >= 0.6 is 0 Å². The maximum Gasteiger partial charge on any atom is 0.166 e. The van der Waals surface area contributed by atoms with Gasteiger partial charge in [0, 0.05) is 6.20 Å². The number of carbonyl (C=O) groups excluding carboxylic acids is 1. The third kappa shape index (κ3) is 0.906. The van der Waals surface area contributed by atoms with Gasteiger partial charge in [-0.2, -0.15) is 0 Å². The Morgan fingerprint density at radius 2 is 2.33 bits per heavy atom. The molecule has 2 aromatic heterocycles. The van der Waals surface area contributed by atoms with Crippen LogP contribution in [-0.4, -0.2) is 15.7 Å². The number of imidazole rings is 1. The van der Waals surface area contributed by atoms with E-state index in [2.05, 4.69) is 4.98 Å². The Kier molecular flexibility index (Phi) is 1.43. The van der Waals surface area contributed by atoms with Crippen molar-refractivity contribution in [2.24, 2.45) is 0 Å². The van der Waals surface area contributed by atoms with Crippen molar-refractivity contribution in [2.45, 2.75) is 6.92 Å². The fourth-order valence-electron chi connectivity index (χ4n) is 1.25. The summed E-state index contributed by atoms with van der Waals surface area (Å²) in [5.41, 5.74) is 2.37. The van der Waals surface area contributed by atoms with E-state index in [1.54, 1.807) is 10.5 Å². The zero-order valence-electron chi connectivity index (χ0n) is 6.69. The number of aromatic nitrogens is 2. The highest BCUT2D eigenvalue weighted by Crippen LogP contribution is 2.06. The van der Waals surface area contributed by atoms with Crippen molar-refractivity contribution < 1.29 is 4.79 Å². The van der Waals surface area contributed by atoms with Gasteiger partial charge in [0.05, 0.1) is 11.4 Å². The number of pyridine rings is 1. The summed E-state index contributed by atoms with van der Waals surface area (Å²) in [7, 11) is 0. The number of fused-ring (bicyclic) bond motifs is 1. The third-order valence-electron chi connectivity index (χ3n) is 1.76. The topological polar surface area (TPSA) is 34.4 Å². The number of carbonyl (C=O) groups is 1. The second-order valence-corrected chi connectivity index (χ2v) is 2.68. The predicted octanol–water partition coefficient (Wildman–Crippen LogP) is 1.46. The van der Waals surface area contributed by atoms with Crippen molar-refractivity contribution in [1.82, 2.24) is 9.38 Å². The van der Waals surface area contributed by atoms with Crippen LogP contribution in [0, 0.1) is 6.92 Å². The van der Waals surface area contributed by atoms with Crippen LogP contribution in [0.2, 0.25) is 0 Å². The van der Waals surface area contributed by atoms with E-state index in [1.165, 1.54) is 0 Å². The third-order valence-corrected chi connectivity index (χ3v) is 1.76. The van der Waals surface area contributed by atoms with Gasteiger partial charge in [-0.05, 0) is 19.1 Å². The van der Waals surface area contributed by atoms with E-state index < -0.39 is 0 Å². The molecule has 2 heterocycles. The van der Waals surface area contributed by atoms with E-state index in [0.29, 0.717) is 5.69 Å². The van der Waals surface area contributed by atoms with Crippen LogP contribution < -0.4 is 0 Å². The van der Waals surface area contributed by atoms with Gasteiger partial charge in [-0.15, -0.1) is 0 Å². The van der Waals surface area contributed by atoms with Crippen molar-refractivity contribution in [3.8, 4) is 0 Å². The van der Waals surface area contributed by atoms with Crippen LogP contribution in [0.25, 0.3) is 5.65 Å². The molecule has 0 aliphatic rings. The number of aryl methyl sites for hydroxylation is 1.